The number of nitrogens with one attached hydrogen (secondary N) is 1. The van der Waals surface area contributed by atoms with E-state index in [4.69, 9.17) is 4.74 Å². The fraction of sp³-hybridized carbons (Fsp3) is 0.423. The minimum atomic E-state index is -0.882. The number of aliphatic carboxylic acids is 1. The van der Waals surface area contributed by atoms with Crippen LogP contribution in [0, 0.1) is 11.3 Å². The van der Waals surface area contributed by atoms with Gasteiger partial charge >= 0.3 is 12.1 Å². The summed E-state index contributed by atoms with van der Waals surface area (Å²) in [6, 6.07) is 15.9. The molecular weight excluding hydrogens is 420 g/mol. The fourth-order valence-electron chi connectivity index (χ4n) is 4.96. The van der Waals surface area contributed by atoms with Crippen molar-refractivity contribution in [3.63, 3.8) is 0 Å². The summed E-state index contributed by atoms with van der Waals surface area (Å²) in [6.07, 6.45) is -0.131. The zero-order chi connectivity index (χ0) is 23.8. The highest BCUT2D eigenvalue weighted by Gasteiger charge is 2.43. The van der Waals surface area contributed by atoms with Crippen molar-refractivity contribution < 1.29 is 24.2 Å². The van der Waals surface area contributed by atoms with Gasteiger partial charge in [-0.1, -0.05) is 48.5 Å². The van der Waals surface area contributed by atoms with E-state index in [0.717, 1.165) is 22.3 Å². The first-order valence-electron chi connectivity index (χ1n) is 11.3. The Hall–Kier alpha value is -3.35. The molecule has 2 atom stereocenters. The molecule has 2 aromatic carbocycles. The fourth-order valence-corrected chi connectivity index (χ4v) is 4.96. The Morgan fingerprint density at radius 3 is 2.18 bits per heavy atom. The summed E-state index contributed by atoms with van der Waals surface area (Å²) in [7, 11) is 0. The predicted molar refractivity (Wildman–Crippen MR) is 124 cm³/mol. The topological polar surface area (TPSA) is 95.9 Å². The van der Waals surface area contributed by atoms with Gasteiger partial charge in [-0.15, -0.1) is 0 Å². The number of carboxylic acid groups (broad SMARTS) is 1. The molecule has 33 heavy (non-hydrogen) atoms. The molecule has 2 unspecified atom stereocenters. The molecule has 1 aliphatic heterocycles. The average molecular weight is 451 g/mol. The summed E-state index contributed by atoms with van der Waals surface area (Å²) < 4.78 is 5.56. The van der Waals surface area contributed by atoms with Gasteiger partial charge in [0.15, 0.2) is 0 Å². The van der Waals surface area contributed by atoms with Crippen LogP contribution in [0.3, 0.4) is 0 Å². The quantitative estimate of drug-likeness (QED) is 0.697. The molecule has 2 aromatic rings. The molecule has 1 fully saturated rings. The van der Waals surface area contributed by atoms with Gasteiger partial charge in [-0.25, -0.2) is 4.79 Å². The second kappa shape index (κ2) is 8.89. The van der Waals surface area contributed by atoms with Gasteiger partial charge in [0.2, 0.25) is 5.91 Å². The smallest absolute Gasteiger partial charge is 0.407 e. The number of carboxylic acids is 1. The molecular formula is C26H30N2O5. The number of amides is 2. The number of likely N-dealkylation sites (tertiary alicyclic amines) is 1. The number of carbonyl (C=O) groups is 3. The first-order chi connectivity index (χ1) is 15.7. The standard InChI is InChI=1S/C26H30N2O5/c1-16-17(23(29)30)12-13-28(16)24(31)26(2,3)15-27-25(32)33-14-22-20-10-6-4-8-18(20)19-9-5-7-11-21(19)22/h4-11,16-17,22H,12-15H2,1-3H3,(H,27,32)(H,29,30). The Labute approximate surface area is 193 Å². The van der Waals surface area contributed by atoms with Crippen molar-refractivity contribution in [2.24, 2.45) is 11.3 Å². The molecule has 0 bridgehead atoms. The minimum absolute atomic E-state index is 0.0313. The molecule has 7 heteroatoms. The van der Waals surface area contributed by atoms with Crippen LogP contribution in [0.2, 0.25) is 0 Å². The molecule has 0 spiro atoms. The monoisotopic (exact) mass is 450 g/mol. The summed E-state index contributed by atoms with van der Waals surface area (Å²) in [5.41, 5.74) is 3.71. The molecule has 174 valence electrons. The zero-order valence-electron chi connectivity index (χ0n) is 19.2. The van der Waals surface area contributed by atoms with Crippen LogP contribution in [-0.2, 0) is 14.3 Å². The second-order valence-corrected chi connectivity index (χ2v) is 9.54. The highest BCUT2D eigenvalue weighted by atomic mass is 16.5. The number of ether oxygens (including phenoxy) is 1. The van der Waals surface area contributed by atoms with E-state index >= 15 is 0 Å². The Bertz CT molecular complexity index is 1030. The first-order valence-corrected chi connectivity index (χ1v) is 11.3. The number of fused-ring (bicyclic) bond motifs is 3. The minimum Gasteiger partial charge on any atom is -0.481 e. The van der Waals surface area contributed by atoms with Crippen LogP contribution >= 0.6 is 0 Å². The number of carbonyl (C=O) groups excluding carboxylic acids is 2. The second-order valence-electron chi connectivity index (χ2n) is 9.54. The van der Waals surface area contributed by atoms with Crippen LogP contribution in [0.5, 0.6) is 0 Å². The van der Waals surface area contributed by atoms with Crippen molar-refractivity contribution in [3.8, 4) is 11.1 Å². The van der Waals surface area contributed by atoms with Gasteiger partial charge in [0.05, 0.1) is 11.3 Å². The molecule has 2 aliphatic rings. The number of rotatable bonds is 6. The van der Waals surface area contributed by atoms with E-state index < -0.39 is 23.4 Å². The molecule has 2 amide bonds. The first kappa shape index (κ1) is 22.8. The highest BCUT2D eigenvalue weighted by Crippen LogP contribution is 2.44. The maximum Gasteiger partial charge on any atom is 0.407 e. The normalized spacial score (nSPS) is 19.7. The lowest BCUT2D eigenvalue weighted by Gasteiger charge is -2.32. The largest absolute Gasteiger partial charge is 0.481 e. The molecule has 0 saturated carbocycles. The van der Waals surface area contributed by atoms with Crippen LogP contribution in [0.4, 0.5) is 4.79 Å². The van der Waals surface area contributed by atoms with Gasteiger partial charge in [-0.05, 0) is 49.4 Å². The van der Waals surface area contributed by atoms with Crippen molar-refractivity contribution in [3.05, 3.63) is 59.7 Å². The van der Waals surface area contributed by atoms with Gasteiger partial charge in [0.25, 0.3) is 0 Å². The van der Waals surface area contributed by atoms with E-state index in [0.29, 0.717) is 13.0 Å². The molecule has 0 radical (unpaired) electrons. The van der Waals surface area contributed by atoms with Crippen molar-refractivity contribution in [1.29, 1.82) is 0 Å². The van der Waals surface area contributed by atoms with Crippen LogP contribution in [0.15, 0.2) is 48.5 Å². The third kappa shape index (κ3) is 4.32. The molecule has 7 nitrogen and oxygen atoms in total. The zero-order valence-corrected chi connectivity index (χ0v) is 19.2. The number of hydrogen-bond acceptors (Lipinski definition) is 4. The SMILES string of the molecule is CC1C(C(=O)O)CCN1C(=O)C(C)(C)CNC(=O)OCC1c2ccccc2-c2ccccc21. The maximum absolute atomic E-state index is 13.0. The van der Waals surface area contributed by atoms with E-state index in [-0.39, 0.29) is 31.0 Å². The van der Waals surface area contributed by atoms with Crippen LogP contribution in [0.25, 0.3) is 11.1 Å². The Kier molecular flexibility index (Phi) is 6.15. The van der Waals surface area contributed by atoms with Crippen molar-refractivity contribution in [1.82, 2.24) is 10.2 Å². The van der Waals surface area contributed by atoms with E-state index in [1.165, 1.54) is 0 Å². The van der Waals surface area contributed by atoms with Gasteiger partial charge in [-0.2, -0.15) is 0 Å². The maximum atomic E-state index is 13.0. The van der Waals surface area contributed by atoms with Gasteiger partial charge in [-0.3, -0.25) is 9.59 Å². The number of benzene rings is 2. The highest BCUT2D eigenvalue weighted by molar-refractivity contribution is 5.85. The summed E-state index contributed by atoms with van der Waals surface area (Å²) in [5, 5.41) is 12.0. The molecule has 1 aliphatic carbocycles. The molecule has 0 aromatic heterocycles. The van der Waals surface area contributed by atoms with E-state index in [2.05, 4.69) is 29.6 Å². The van der Waals surface area contributed by atoms with E-state index in [1.54, 1.807) is 25.7 Å². The summed E-state index contributed by atoms with van der Waals surface area (Å²) >= 11 is 0. The summed E-state index contributed by atoms with van der Waals surface area (Å²) in [5.74, 6) is -1.64. The molecule has 1 heterocycles. The summed E-state index contributed by atoms with van der Waals surface area (Å²) in [6.45, 7) is 5.98. The van der Waals surface area contributed by atoms with Crippen molar-refractivity contribution in [2.75, 3.05) is 19.7 Å². The van der Waals surface area contributed by atoms with Crippen LogP contribution in [0.1, 0.15) is 44.2 Å². The molecule has 4 rings (SSSR count). The lowest BCUT2D eigenvalue weighted by Crippen LogP contribution is -2.49. The average Bonchev–Trinajstić information content (AvgIpc) is 3.34. The van der Waals surface area contributed by atoms with E-state index in [9.17, 15) is 19.5 Å². The number of nitrogens with zero attached hydrogens (tertiary/aromatic N) is 1. The van der Waals surface area contributed by atoms with Crippen molar-refractivity contribution in [2.45, 2.75) is 39.2 Å². The van der Waals surface area contributed by atoms with Gasteiger partial charge in [0.1, 0.15) is 6.61 Å². The molecule has 1 saturated heterocycles. The lowest BCUT2D eigenvalue weighted by atomic mass is 9.91. The third-order valence-electron chi connectivity index (χ3n) is 6.93. The Morgan fingerprint density at radius 2 is 1.64 bits per heavy atom. The third-order valence-corrected chi connectivity index (χ3v) is 6.93. The van der Waals surface area contributed by atoms with Crippen molar-refractivity contribution >= 4 is 18.0 Å². The Balaban J connectivity index is 1.34. The summed E-state index contributed by atoms with van der Waals surface area (Å²) in [4.78, 5) is 38.5. The Morgan fingerprint density at radius 1 is 1.06 bits per heavy atom. The molecule has 2 N–H and O–H groups in total. The van der Waals surface area contributed by atoms with Gasteiger partial charge in [0, 0.05) is 25.0 Å². The van der Waals surface area contributed by atoms with Crippen LogP contribution in [-0.4, -0.2) is 53.7 Å². The number of hydrogen-bond donors (Lipinski definition) is 2. The lowest BCUT2D eigenvalue weighted by molar-refractivity contribution is -0.145. The van der Waals surface area contributed by atoms with Gasteiger partial charge < -0.3 is 20.1 Å². The van der Waals surface area contributed by atoms with E-state index in [1.807, 2.05) is 24.3 Å². The predicted octanol–water partition coefficient (Wildman–Crippen LogP) is 3.87. The number of alkyl carbamates (subject to hydrolysis) is 1. The van der Waals surface area contributed by atoms with Crippen LogP contribution < -0.4 is 5.32 Å².